The van der Waals surface area contributed by atoms with Gasteiger partial charge in [0, 0.05) is 20.9 Å². The highest BCUT2D eigenvalue weighted by Gasteiger charge is 2.11. The maximum atomic E-state index is 12.0. The van der Waals surface area contributed by atoms with Gasteiger partial charge < -0.3 is 10.1 Å². The zero-order valence-electron chi connectivity index (χ0n) is 9.37. The smallest absolute Gasteiger partial charge is 0.265 e. The summed E-state index contributed by atoms with van der Waals surface area (Å²) in [6.45, 7) is 0. The molecule has 0 aliphatic rings. The fourth-order valence-corrected chi connectivity index (χ4v) is 2.59. The normalized spacial score (nSPS) is 10.2. The lowest BCUT2D eigenvalue weighted by atomic mass is 10.3. The SMILES string of the molecule is COc1csc(C(=O)Nc2cc(Cl)ccc2Br)c1. The number of nitrogens with one attached hydrogen (secondary N) is 1. The summed E-state index contributed by atoms with van der Waals surface area (Å²) in [4.78, 5) is 12.6. The van der Waals surface area contributed by atoms with Crippen molar-refractivity contribution in [1.29, 1.82) is 0 Å². The van der Waals surface area contributed by atoms with Crippen molar-refractivity contribution in [1.82, 2.24) is 0 Å². The fraction of sp³-hybridized carbons (Fsp3) is 0.0833. The van der Waals surface area contributed by atoms with Gasteiger partial charge in [-0.1, -0.05) is 11.6 Å². The maximum Gasteiger partial charge on any atom is 0.265 e. The van der Waals surface area contributed by atoms with Gasteiger partial charge in [0.15, 0.2) is 0 Å². The molecule has 1 aromatic heterocycles. The van der Waals surface area contributed by atoms with Crippen molar-refractivity contribution in [2.75, 3.05) is 12.4 Å². The van der Waals surface area contributed by atoms with Crippen LogP contribution in [0.15, 0.2) is 34.1 Å². The van der Waals surface area contributed by atoms with Crippen LogP contribution >= 0.6 is 38.9 Å². The van der Waals surface area contributed by atoms with E-state index in [4.69, 9.17) is 16.3 Å². The van der Waals surface area contributed by atoms with E-state index in [-0.39, 0.29) is 5.91 Å². The summed E-state index contributed by atoms with van der Waals surface area (Å²) < 4.78 is 5.82. The van der Waals surface area contributed by atoms with Crippen molar-refractivity contribution in [3.05, 3.63) is 44.0 Å². The quantitative estimate of drug-likeness (QED) is 0.893. The van der Waals surface area contributed by atoms with Crippen LogP contribution in [0, 0.1) is 0 Å². The lowest BCUT2D eigenvalue weighted by Gasteiger charge is -2.06. The van der Waals surface area contributed by atoms with Crippen LogP contribution in [0.25, 0.3) is 0 Å². The van der Waals surface area contributed by atoms with Crippen molar-refractivity contribution in [2.45, 2.75) is 0 Å². The van der Waals surface area contributed by atoms with Gasteiger partial charge in [-0.05, 0) is 34.1 Å². The molecule has 0 aliphatic heterocycles. The summed E-state index contributed by atoms with van der Waals surface area (Å²) in [6.07, 6.45) is 0. The van der Waals surface area contributed by atoms with Crippen LogP contribution in [0.4, 0.5) is 5.69 Å². The number of carbonyl (C=O) groups excluding carboxylic acids is 1. The second-order valence-corrected chi connectivity index (χ2v) is 5.63. The fourth-order valence-electron chi connectivity index (χ4n) is 1.32. The maximum absolute atomic E-state index is 12.0. The summed E-state index contributed by atoms with van der Waals surface area (Å²) in [6, 6.07) is 6.91. The molecule has 0 spiro atoms. The topological polar surface area (TPSA) is 38.3 Å². The molecule has 0 aliphatic carbocycles. The van der Waals surface area contributed by atoms with Crippen molar-refractivity contribution in [2.24, 2.45) is 0 Å². The number of hydrogen-bond acceptors (Lipinski definition) is 3. The minimum atomic E-state index is -0.189. The van der Waals surface area contributed by atoms with Crippen LogP contribution in [0.3, 0.4) is 0 Å². The first-order chi connectivity index (χ1) is 8.60. The van der Waals surface area contributed by atoms with Crippen LogP contribution in [-0.2, 0) is 0 Å². The monoisotopic (exact) mass is 345 g/mol. The summed E-state index contributed by atoms with van der Waals surface area (Å²) in [5.41, 5.74) is 0.639. The van der Waals surface area contributed by atoms with Crippen LogP contribution < -0.4 is 10.1 Å². The van der Waals surface area contributed by atoms with Crippen molar-refractivity contribution >= 4 is 50.5 Å². The Hall–Kier alpha value is -1.04. The number of hydrogen-bond donors (Lipinski definition) is 1. The van der Waals surface area contributed by atoms with E-state index in [2.05, 4.69) is 21.2 Å². The molecule has 0 fully saturated rings. The van der Waals surface area contributed by atoms with E-state index in [0.29, 0.717) is 21.3 Å². The largest absolute Gasteiger partial charge is 0.496 e. The van der Waals surface area contributed by atoms with Gasteiger partial charge in [0.25, 0.3) is 5.91 Å². The number of anilines is 1. The molecule has 0 saturated carbocycles. The Morgan fingerprint density at radius 2 is 2.22 bits per heavy atom. The number of rotatable bonds is 3. The van der Waals surface area contributed by atoms with Crippen LogP contribution in [-0.4, -0.2) is 13.0 Å². The van der Waals surface area contributed by atoms with Gasteiger partial charge in [0.1, 0.15) is 5.75 Å². The Morgan fingerprint density at radius 1 is 1.44 bits per heavy atom. The molecule has 2 aromatic rings. The average molecular weight is 347 g/mol. The van der Waals surface area contributed by atoms with E-state index in [1.54, 1.807) is 36.8 Å². The van der Waals surface area contributed by atoms with E-state index in [0.717, 1.165) is 4.47 Å². The highest BCUT2D eigenvalue weighted by Crippen LogP contribution is 2.28. The number of methoxy groups -OCH3 is 1. The lowest BCUT2D eigenvalue weighted by Crippen LogP contribution is -2.10. The van der Waals surface area contributed by atoms with E-state index in [9.17, 15) is 4.79 Å². The van der Waals surface area contributed by atoms with Gasteiger partial charge in [-0.2, -0.15) is 0 Å². The van der Waals surface area contributed by atoms with E-state index >= 15 is 0 Å². The molecule has 0 atom stereocenters. The van der Waals surface area contributed by atoms with Gasteiger partial charge in [0.2, 0.25) is 0 Å². The van der Waals surface area contributed by atoms with Crippen LogP contribution in [0.1, 0.15) is 9.67 Å². The second-order valence-electron chi connectivity index (χ2n) is 3.43. The third-order valence-corrected chi connectivity index (χ3v) is 4.05. The molecule has 1 heterocycles. The standard InChI is InChI=1S/C12H9BrClNO2S/c1-17-8-5-11(18-6-8)12(16)15-10-4-7(14)2-3-9(10)13/h2-6H,1H3,(H,15,16). The summed E-state index contributed by atoms with van der Waals surface area (Å²) in [7, 11) is 1.57. The number of ether oxygens (including phenoxy) is 1. The van der Waals surface area contributed by atoms with Crippen molar-refractivity contribution < 1.29 is 9.53 Å². The molecule has 2 rings (SSSR count). The van der Waals surface area contributed by atoms with E-state index < -0.39 is 0 Å². The minimum Gasteiger partial charge on any atom is -0.496 e. The summed E-state index contributed by atoms with van der Waals surface area (Å²) in [5, 5.41) is 5.14. The van der Waals surface area contributed by atoms with Gasteiger partial charge in [-0.15, -0.1) is 11.3 Å². The van der Waals surface area contributed by atoms with Crippen LogP contribution in [0.2, 0.25) is 5.02 Å². The number of halogens is 2. The molecule has 94 valence electrons. The Labute approximate surface area is 122 Å². The van der Waals surface area contributed by atoms with E-state index in [1.165, 1.54) is 11.3 Å². The number of benzene rings is 1. The molecular formula is C12H9BrClNO2S. The van der Waals surface area contributed by atoms with Gasteiger partial charge in [-0.3, -0.25) is 4.79 Å². The second kappa shape index (κ2) is 5.73. The Morgan fingerprint density at radius 3 is 2.89 bits per heavy atom. The molecule has 18 heavy (non-hydrogen) atoms. The van der Waals surface area contributed by atoms with Gasteiger partial charge in [0.05, 0.1) is 17.7 Å². The predicted molar refractivity (Wildman–Crippen MR) is 78.0 cm³/mol. The third-order valence-electron chi connectivity index (χ3n) is 2.21. The molecule has 0 bridgehead atoms. The average Bonchev–Trinajstić information content (AvgIpc) is 2.82. The molecule has 1 amide bonds. The van der Waals surface area contributed by atoms with Gasteiger partial charge >= 0.3 is 0 Å². The number of thiophene rings is 1. The Balaban J connectivity index is 2.18. The van der Waals surface area contributed by atoms with Crippen molar-refractivity contribution in [3.63, 3.8) is 0 Å². The van der Waals surface area contributed by atoms with E-state index in [1.807, 2.05) is 0 Å². The molecule has 1 aromatic carbocycles. The molecule has 0 saturated heterocycles. The first kappa shape index (κ1) is 13.4. The summed E-state index contributed by atoms with van der Waals surface area (Å²) in [5.74, 6) is 0.488. The Bertz CT molecular complexity index is 585. The first-order valence-corrected chi connectivity index (χ1v) is 7.04. The van der Waals surface area contributed by atoms with Gasteiger partial charge in [-0.25, -0.2) is 0 Å². The molecule has 0 unspecified atom stereocenters. The molecule has 3 nitrogen and oxygen atoms in total. The minimum absolute atomic E-state index is 0.189. The Kier molecular flexibility index (Phi) is 4.27. The summed E-state index contributed by atoms with van der Waals surface area (Å²) >= 11 is 10.6. The molecule has 0 radical (unpaired) electrons. The molecule has 1 N–H and O–H groups in total. The zero-order chi connectivity index (χ0) is 13.1. The zero-order valence-corrected chi connectivity index (χ0v) is 12.5. The van der Waals surface area contributed by atoms with Crippen LogP contribution in [0.5, 0.6) is 5.75 Å². The molecule has 6 heteroatoms. The lowest BCUT2D eigenvalue weighted by molar-refractivity contribution is 0.103. The highest BCUT2D eigenvalue weighted by molar-refractivity contribution is 9.10. The van der Waals surface area contributed by atoms with Crippen molar-refractivity contribution in [3.8, 4) is 5.75 Å². The molecular weight excluding hydrogens is 338 g/mol. The number of amides is 1. The first-order valence-electron chi connectivity index (χ1n) is 4.99. The number of carbonyl (C=O) groups is 1. The predicted octanol–water partition coefficient (Wildman–Crippen LogP) is 4.42. The highest BCUT2D eigenvalue weighted by atomic mass is 79.9. The third kappa shape index (κ3) is 3.04.